The van der Waals surface area contributed by atoms with E-state index < -0.39 is 6.10 Å². The number of para-hydroxylation sites is 1. The largest absolute Gasteiger partial charge is 0.493 e. The van der Waals surface area contributed by atoms with Gasteiger partial charge in [-0.25, -0.2) is 4.39 Å². The van der Waals surface area contributed by atoms with Gasteiger partial charge in [0.05, 0.1) is 14.2 Å². The smallest absolute Gasteiger partial charge is 0.306 e. The van der Waals surface area contributed by atoms with Crippen LogP contribution in [0.2, 0.25) is 0 Å². The maximum Gasteiger partial charge on any atom is 0.306 e. The second kappa shape index (κ2) is 14.3. The third kappa shape index (κ3) is 7.87. The monoisotopic (exact) mass is 495 g/mol. The molecule has 1 unspecified atom stereocenters. The summed E-state index contributed by atoms with van der Waals surface area (Å²) in [4.78, 5) is 15.0. The Balaban J connectivity index is 1.71. The lowest BCUT2D eigenvalue weighted by Crippen LogP contribution is -2.24. The molecule has 1 heterocycles. The summed E-state index contributed by atoms with van der Waals surface area (Å²) in [6, 6.07) is 12.2. The van der Waals surface area contributed by atoms with Gasteiger partial charge in [0.1, 0.15) is 5.82 Å². The van der Waals surface area contributed by atoms with E-state index in [-0.39, 0.29) is 11.8 Å². The molecule has 6 heteroatoms. The molecule has 0 fully saturated rings. The molecule has 0 aliphatic carbocycles. The molecule has 0 amide bonds. The van der Waals surface area contributed by atoms with E-state index in [1.807, 2.05) is 42.6 Å². The third-order valence-corrected chi connectivity index (χ3v) is 6.39. The van der Waals surface area contributed by atoms with Crippen molar-refractivity contribution in [2.75, 3.05) is 27.3 Å². The van der Waals surface area contributed by atoms with E-state index in [1.54, 1.807) is 14.2 Å². The molecule has 1 aliphatic rings. The molecule has 2 aromatic carbocycles. The first-order chi connectivity index (χ1) is 17.5. The average molecular weight is 496 g/mol. The summed E-state index contributed by atoms with van der Waals surface area (Å²) < 4.78 is 30.4. The fourth-order valence-electron chi connectivity index (χ4n) is 4.32. The molecule has 0 N–H and O–H groups in total. The molecule has 3 rings (SSSR count). The summed E-state index contributed by atoms with van der Waals surface area (Å²) in [5.41, 5.74) is 2.75. The molecular formula is C30H38FNO4. The molecule has 2 aromatic rings. The fraction of sp³-hybridized carbons (Fsp3) is 0.433. The van der Waals surface area contributed by atoms with E-state index in [9.17, 15) is 9.18 Å². The predicted octanol–water partition coefficient (Wildman–Crippen LogP) is 6.79. The van der Waals surface area contributed by atoms with Crippen LogP contribution in [0.4, 0.5) is 4.39 Å². The van der Waals surface area contributed by atoms with Gasteiger partial charge in [-0.15, -0.1) is 0 Å². The highest BCUT2D eigenvalue weighted by molar-refractivity contribution is 5.70. The number of hydrogen-bond acceptors (Lipinski definition) is 5. The minimum Gasteiger partial charge on any atom is -0.493 e. The molecule has 0 radical (unpaired) electrons. The highest BCUT2D eigenvalue weighted by atomic mass is 19.1. The quantitative estimate of drug-likeness (QED) is 0.213. The predicted molar refractivity (Wildman–Crippen MR) is 141 cm³/mol. The zero-order chi connectivity index (χ0) is 25.8. The number of rotatable bonds is 14. The van der Waals surface area contributed by atoms with Gasteiger partial charge in [0.25, 0.3) is 0 Å². The molecular weight excluding hydrogens is 457 g/mol. The fourth-order valence-corrected chi connectivity index (χ4v) is 4.32. The van der Waals surface area contributed by atoms with Crippen molar-refractivity contribution in [3.8, 4) is 11.5 Å². The zero-order valence-corrected chi connectivity index (χ0v) is 21.7. The van der Waals surface area contributed by atoms with Gasteiger partial charge in [-0.3, -0.25) is 4.79 Å². The van der Waals surface area contributed by atoms with Gasteiger partial charge in [0.2, 0.25) is 0 Å². The van der Waals surface area contributed by atoms with Gasteiger partial charge in [-0.05, 0) is 54.5 Å². The van der Waals surface area contributed by atoms with Gasteiger partial charge in [0.15, 0.2) is 17.6 Å². The SMILES string of the molecule is CCCCCCCC(=O)OC(C1=CCN(CCc2ccc(F)cc2)C=C1)c1cccc(OC)c1OC. The summed E-state index contributed by atoms with van der Waals surface area (Å²) in [7, 11) is 3.19. The number of carbonyl (C=O) groups excluding carboxylic acids is 1. The number of unbranched alkanes of at least 4 members (excludes halogenated alkanes) is 4. The van der Waals surface area contributed by atoms with Crippen LogP contribution in [-0.2, 0) is 16.0 Å². The van der Waals surface area contributed by atoms with Crippen LogP contribution in [0, 0.1) is 5.82 Å². The molecule has 0 bridgehead atoms. The molecule has 0 saturated carbocycles. The summed E-state index contributed by atoms with van der Waals surface area (Å²) >= 11 is 0. The molecule has 0 aromatic heterocycles. The Morgan fingerprint density at radius 3 is 2.47 bits per heavy atom. The summed E-state index contributed by atoms with van der Waals surface area (Å²) in [6.07, 6.45) is 12.1. The van der Waals surface area contributed by atoms with Crippen molar-refractivity contribution < 1.29 is 23.4 Å². The number of carbonyl (C=O) groups is 1. The van der Waals surface area contributed by atoms with Crippen molar-refractivity contribution in [3.63, 3.8) is 0 Å². The summed E-state index contributed by atoms with van der Waals surface area (Å²) in [6.45, 7) is 3.66. The lowest BCUT2D eigenvalue weighted by atomic mass is 9.97. The van der Waals surface area contributed by atoms with Gasteiger partial charge in [-0.2, -0.15) is 0 Å². The highest BCUT2D eigenvalue weighted by Crippen LogP contribution is 2.40. The van der Waals surface area contributed by atoms with Gasteiger partial charge < -0.3 is 19.1 Å². The molecule has 5 nitrogen and oxygen atoms in total. The van der Waals surface area contributed by atoms with E-state index in [0.717, 1.165) is 48.9 Å². The number of nitrogens with zero attached hydrogens (tertiary/aromatic N) is 1. The van der Waals surface area contributed by atoms with Gasteiger partial charge in [0, 0.05) is 25.1 Å². The van der Waals surface area contributed by atoms with Gasteiger partial charge in [-0.1, -0.05) is 62.9 Å². The maximum atomic E-state index is 13.2. The number of halogens is 1. The van der Waals surface area contributed by atoms with E-state index in [2.05, 4.69) is 17.9 Å². The number of methoxy groups -OCH3 is 2. The van der Waals surface area contributed by atoms with E-state index in [1.165, 1.54) is 25.0 Å². The normalized spacial score (nSPS) is 13.8. The Morgan fingerprint density at radius 2 is 1.81 bits per heavy atom. The van der Waals surface area contributed by atoms with Crippen LogP contribution in [0.1, 0.15) is 62.7 Å². The summed E-state index contributed by atoms with van der Waals surface area (Å²) in [5, 5.41) is 0. The standard InChI is InChI=1S/C30H38FNO4/c1-4-5-6-7-8-12-28(33)36-29(26-10-9-11-27(34-2)30(26)35-3)24-18-21-32(22-19-24)20-17-23-13-15-25(31)16-14-23/h9-11,13-16,18-19,21,29H,4-8,12,17,20,22H2,1-3H3. The lowest BCUT2D eigenvalue weighted by molar-refractivity contribution is -0.147. The number of hydrogen-bond donors (Lipinski definition) is 0. The van der Waals surface area contributed by atoms with Crippen LogP contribution in [0.15, 0.2) is 66.4 Å². The second-order valence-electron chi connectivity index (χ2n) is 9.01. The molecule has 194 valence electrons. The molecule has 0 saturated heterocycles. The van der Waals surface area contributed by atoms with Crippen molar-refractivity contribution in [3.05, 3.63) is 83.3 Å². The Morgan fingerprint density at radius 1 is 1.03 bits per heavy atom. The first kappa shape index (κ1) is 27.3. The van der Waals surface area contributed by atoms with Crippen molar-refractivity contribution in [1.82, 2.24) is 4.90 Å². The van der Waals surface area contributed by atoms with E-state index >= 15 is 0 Å². The van der Waals surface area contributed by atoms with Crippen molar-refractivity contribution in [2.24, 2.45) is 0 Å². The minimum absolute atomic E-state index is 0.214. The van der Waals surface area contributed by atoms with Crippen molar-refractivity contribution in [1.29, 1.82) is 0 Å². The van der Waals surface area contributed by atoms with E-state index in [4.69, 9.17) is 14.2 Å². The average Bonchev–Trinajstić information content (AvgIpc) is 2.91. The minimum atomic E-state index is -0.589. The van der Waals surface area contributed by atoms with Crippen LogP contribution in [0.3, 0.4) is 0 Å². The van der Waals surface area contributed by atoms with E-state index in [0.29, 0.717) is 24.5 Å². The highest BCUT2D eigenvalue weighted by Gasteiger charge is 2.26. The van der Waals surface area contributed by atoms with Crippen LogP contribution >= 0.6 is 0 Å². The zero-order valence-electron chi connectivity index (χ0n) is 21.7. The Kier molecular flexibility index (Phi) is 10.9. The molecule has 1 atom stereocenters. The van der Waals surface area contributed by atoms with Crippen LogP contribution in [0.25, 0.3) is 0 Å². The van der Waals surface area contributed by atoms with Crippen LogP contribution in [-0.4, -0.2) is 38.2 Å². The van der Waals surface area contributed by atoms with Crippen LogP contribution in [0.5, 0.6) is 11.5 Å². The number of ether oxygens (including phenoxy) is 3. The first-order valence-electron chi connectivity index (χ1n) is 12.8. The molecule has 0 spiro atoms. The Labute approximate surface area is 214 Å². The number of esters is 1. The second-order valence-corrected chi connectivity index (χ2v) is 9.01. The topological polar surface area (TPSA) is 48.0 Å². The first-order valence-corrected chi connectivity index (χ1v) is 12.8. The Hall–Kier alpha value is -3.28. The summed E-state index contributed by atoms with van der Waals surface area (Å²) in [5.74, 6) is 0.721. The molecule has 1 aliphatic heterocycles. The van der Waals surface area contributed by atoms with Crippen LogP contribution < -0.4 is 9.47 Å². The van der Waals surface area contributed by atoms with Gasteiger partial charge >= 0.3 is 5.97 Å². The van der Waals surface area contributed by atoms with Crippen molar-refractivity contribution >= 4 is 5.97 Å². The Bertz CT molecular complexity index is 1030. The van der Waals surface area contributed by atoms with Crippen molar-refractivity contribution in [2.45, 2.75) is 58.0 Å². The molecule has 36 heavy (non-hydrogen) atoms. The number of benzene rings is 2. The lowest BCUT2D eigenvalue weighted by Gasteiger charge is -2.27. The third-order valence-electron chi connectivity index (χ3n) is 6.39. The maximum absolute atomic E-state index is 13.2.